The third kappa shape index (κ3) is 1.90. The number of phenols is 1. The van der Waals surface area contributed by atoms with E-state index in [-0.39, 0.29) is 23.6 Å². The van der Waals surface area contributed by atoms with Crippen molar-refractivity contribution in [3.05, 3.63) is 22.8 Å². The number of aliphatic hydroxyl groups excluding tert-OH is 1. The molecule has 2 heterocycles. The van der Waals surface area contributed by atoms with Gasteiger partial charge in [0, 0.05) is 36.7 Å². The summed E-state index contributed by atoms with van der Waals surface area (Å²) in [5.74, 6) is 2.27. The Morgan fingerprint density at radius 3 is 2.89 bits per heavy atom. The number of quaternary nitrogens is 1. The number of benzene rings is 1. The van der Waals surface area contributed by atoms with Gasteiger partial charge >= 0.3 is 0 Å². The summed E-state index contributed by atoms with van der Waals surface area (Å²) in [7, 11) is 2.42. The maximum absolute atomic E-state index is 12.9. The second kappa shape index (κ2) is 5.06. The molecule has 144 valence electrons. The van der Waals surface area contributed by atoms with Crippen LogP contribution in [0.4, 0.5) is 0 Å². The Morgan fingerprint density at radius 1 is 1.33 bits per heavy atom. The van der Waals surface area contributed by atoms with Crippen LogP contribution in [0.2, 0.25) is 0 Å². The quantitative estimate of drug-likeness (QED) is 0.799. The van der Waals surface area contributed by atoms with E-state index >= 15 is 0 Å². The van der Waals surface area contributed by atoms with Crippen molar-refractivity contribution < 1.29 is 24.2 Å². The van der Waals surface area contributed by atoms with Gasteiger partial charge in [0.05, 0.1) is 43.8 Å². The molecule has 1 unspecified atom stereocenters. The molecule has 3 fully saturated rings. The molecule has 2 saturated carbocycles. The number of Topliss-reactive ketones (excluding diaryl/α,β-unsaturated/α-hetero) is 1. The van der Waals surface area contributed by atoms with Crippen molar-refractivity contribution in [1.29, 1.82) is 0 Å². The molecule has 1 saturated heterocycles. The number of piperidine rings is 1. The van der Waals surface area contributed by atoms with Crippen molar-refractivity contribution in [3.63, 3.8) is 0 Å². The van der Waals surface area contributed by atoms with Crippen LogP contribution < -0.4 is 4.74 Å². The maximum atomic E-state index is 12.9. The number of aromatic hydroxyl groups is 1. The van der Waals surface area contributed by atoms with E-state index in [0.717, 1.165) is 47.3 Å². The predicted octanol–water partition coefficient (Wildman–Crippen LogP) is 2.05. The Kier molecular flexibility index (Phi) is 3.07. The first-order valence-electron chi connectivity index (χ1n) is 10.5. The molecule has 3 aliphatic carbocycles. The standard InChI is InChI=1S/C22H27NO4/c1-23(10-12-2-3-12)7-6-22-15-4-5-17(25)21(22)27-20-14(11-24)18(26)9-13(19(20)22)8-16(15)23/h9,12,15-16,21,24H,2-8,10-11H2,1H3/p+1/t15?,16-,21+,22+,23-/m1/s1. The average molecular weight is 370 g/mol. The molecular weight excluding hydrogens is 342 g/mol. The van der Waals surface area contributed by atoms with Crippen LogP contribution in [-0.2, 0) is 23.2 Å². The van der Waals surface area contributed by atoms with Crippen molar-refractivity contribution in [2.24, 2.45) is 11.8 Å². The van der Waals surface area contributed by atoms with Gasteiger partial charge in [-0.1, -0.05) is 0 Å². The zero-order valence-electron chi connectivity index (χ0n) is 15.9. The summed E-state index contributed by atoms with van der Waals surface area (Å²) in [4.78, 5) is 12.9. The molecule has 1 aromatic carbocycles. The van der Waals surface area contributed by atoms with Gasteiger partial charge in [-0.05, 0) is 30.9 Å². The van der Waals surface area contributed by atoms with Crippen molar-refractivity contribution >= 4 is 5.78 Å². The van der Waals surface area contributed by atoms with E-state index in [9.17, 15) is 15.0 Å². The smallest absolute Gasteiger partial charge is 0.174 e. The lowest BCUT2D eigenvalue weighted by Crippen LogP contribution is -2.72. The number of rotatable bonds is 3. The van der Waals surface area contributed by atoms with Gasteiger partial charge in [0.1, 0.15) is 11.5 Å². The highest BCUT2D eigenvalue weighted by Gasteiger charge is 2.69. The summed E-state index contributed by atoms with van der Waals surface area (Å²) in [5, 5.41) is 20.4. The van der Waals surface area contributed by atoms with E-state index in [2.05, 4.69) is 7.05 Å². The molecule has 5 nitrogen and oxygen atoms in total. The number of nitrogens with zero attached hydrogens (tertiary/aromatic N) is 1. The minimum absolute atomic E-state index is 0.113. The number of carbonyl (C=O) groups excluding carboxylic acids is 1. The zero-order chi connectivity index (χ0) is 18.6. The SMILES string of the molecule is C[N@+]1(CC2CC2)CC[C@]23c4c5cc(O)c(CO)c4O[C@H]2C(=O)CCC3[C@H]1C5. The lowest BCUT2D eigenvalue weighted by atomic mass is 9.51. The fourth-order valence-corrected chi connectivity index (χ4v) is 7.19. The molecule has 1 aromatic rings. The monoisotopic (exact) mass is 370 g/mol. The number of aliphatic hydroxyl groups is 1. The molecule has 2 N–H and O–H groups in total. The topological polar surface area (TPSA) is 66.8 Å². The van der Waals surface area contributed by atoms with Crippen LogP contribution in [0.1, 0.15) is 48.8 Å². The summed E-state index contributed by atoms with van der Waals surface area (Å²) in [5.41, 5.74) is 2.53. The number of hydrogen-bond acceptors (Lipinski definition) is 4. The van der Waals surface area contributed by atoms with Gasteiger partial charge in [0.25, 0.3) is 0 Å². The van der Waals surface area contributed by atoms with E-state index in [1.807, 2.05) is 6.07 Å². The highest BCUT2D eigenvalue weighted by Crippen LogP contribution is 2.64. The Labute approximate surface area is 159 Å². The average Bonchev–Trinajstić information content (AvgIpc) is 3.37. The van der Waals surface area contributed by atoms with E-state index in [1.54, 1.807) is 0 Å². The second-order valence-corrected chi connectivity index (χ2v) is 9.90. The first kappa shape index (κ1) is 16.4. The molecule has 5 atom stereocenters. The third-order valence-corrected chi connectivity index (χ3v) is 8.53. The van der Waals surface area contributed by atoms with Gasteiger partial charge in [0.15, 0.2) is 11.9 Å². The summed E-state index contributed by atoms with van der Waals surface area (Å²) in [6.45, 7) is 2.09. The van der Waals surface area contributed by atoms with Gasteiger partial charge in [-0.15, -0.1) is 0 Å². The lowest BCUT2D eigenvalue weighted by molar-refractivity contribution is -0.946. The van der Waals surface area contributed by atoms with Gasteiger partial charge in [-0.25, -0.2) is 0 Å². The Morgan fingerprint density at radius 2 is 2.15 bits per heavy atom. The largest absolute Gasteiger partial charge is 0.507 e. The maximum Gasteiger partial charge on any atom is 0.174 e. The summed E-state index contributed by atoms with van der Waals surface area (Å²) in [6, 6.07) is 2.35. The van der Waals surface area contributed by atoms with E-state index < -0.39 is 6.10 Å². The van der Waals surface area contributed by atoms with Crippen LogP contribution in [0.3, 0.4) is 0 Å². The molecule has 2 bridgehead atoms. The highest BCUT2D eigenvalue weighted by atomic mass is 16.5. The molecule has 5 heteroatoms. The van der Waals surface area contributed by atoms with Crippen LogP contribution in [0.25, 0.3) is 0 Å². The minimum Gasteiger partial charge on any atom is -0.507 e. The molecule has 0 aromatic heterocycles. The second-order valence-electron chi connectivity index (χ2n) is 9.90. The van der Waals surface area contributed by atoms with Crippen LogP contribution in [0.15, 0.2) is 6.07 Å². The van der Waals surface area contributed by atoms with Crippen LogP contribution in [-0.4, -0.2) is 52.8 Å². The fraction of sp³-hybridized carbons (Fsp3) is 0.682. The predicted molar refractivity (Wildman–Crippen MR) is 98.6 cm³/mol. The molecule has 2 aliphatic heterocycles. The first-order valence-corrected chi connectivity index (χ1v) is 10.5. The Hall–Kier alpha value is -1.59. The van der Waals surface area contributed by atoms with Crippen molar-refractivity contribution in [1.82, 2.24) is 0 Å². The van der Waals surface area contributed by atoms with Crippen LogP contribution in [0.5, 0.6) is 11.5 Å². The van der Waals surface area contributed by atoms with Crippen molar-refractivity contribution in [3.8, 4) is 11.5 Å². The molecule has 27 heavy (non-hydrogen) atoms. The van der Waals surface area contributed by atoms with Crippen molar-refractivity contribution in [2.45, 2.75) is 62.7 Å². The summed E-state index contributed by atoms with van der Waals surface area (Å²) in [6.07, 6.45) is 5.78. The Balaban J connectivity index is 1.57. The number of likely N-dealkylation sites (tertiary alicyclic amines) is 1. The third-order valence-electron chi connectivity index (χ3n) is 8.53. The van der Waals surface area contributed by atoms with E-state index in [0.29, 0.717) is 29.7 Å². The van der Waals surface area contributed by atoms with Crippen LogP contribution in [0, 0.1) is 11.8 Å². The number of likely N-dealkylation sites (N-methyl/N-ethyl adjacent to an activating group) is 1. The summed E-state index contributed by atoms with van der Waals surface area (Å²) >= 11 is 0. The molecule has 0 radical (unpaired) electrons. The zero-order valence-corrected chi connectivity index (χ0v) is 15.9. The summed E-state index contributed by atoms with van der Waals surface area (Å²) < 4.78 is 7.39. The molecule has 1 spiro atoms. The molecule has 0 amide bonds. The number of carbonyl (C=O) groups is 1. The molecule has 6 rings (SSSR count). The Bertz CT molecular complexity index is 862. The van der Waals surface area contributed by atoms with E-state index in [4.69, 9.17) is 4.74 Å². The first-order chi connectivity index (χ1) is 13.0. The van der Waals surface area contributed by atoms with E-state index in [1.165, 1.54) is 19.4 Å². The van der Waals surface area contributed by atoms with Gasteiger partial charge in [-0.2, -0.15) is 0 Å². The van der Waals surface area contributed by atoms with Gasteiger partial charge in [-0.3, -0.25) is 4.79 Å². The number of ketones is 1. The van der Waals surface area contributed by atoms with Gasteiger partial charge in [0.2, 0.25) is 0 Å². The van der Waals surface area contributed by atoms with Crippen LogP contribution >= 0.6 is 0 Å². The minimum atomic E-state index is -0.422. The van der Waals surface area contributed by atoms with Gasteiger partial charge < -0.3 is 19.4 Å². The highest BCUT2D eigenvalue weighted by molar-refractivity contribution is 5.89. The van der Waals surface area contributed by atoms with Crippen molar-refractivity contribution in [2.75, 3.05) is 20.1 Å². The number of ether oxygens (including phenoxy) is 1. The fourth-order valence-electron chi connectivity index (χ4n) is 7.19. The lowest BCUT2D eigenvalue weighted by Gasteiger charge is -2.60. The molecular formula is C22H28NO4+. The molecule has 5 aliphatic rings. The number of hydrogen-bond donors (Lipinski definition) is 2. The normalized spacial score (nSPS) is 41.3.